The first-order valence-electron chi connectivity index (χ1n) is 5.20. The van der Waals surface area contributed by atoms with E-state index in [2.05, 4.69) is 5.48 Å². The van der Waals surface area contributed by atoms with Crippen LogP contribution in [0.5, 0.6) is 0 Å². The van der Waals surface area contributed by atoms with Gasteiger partial charge in [-0.1, -0.05) is 0 Å². The first kappa shape index (κ1) is 12.7. The Hall–Kier alpha value is -2.74. The summed E-state index contributed by atoms with van der Waals surface area (Å²) in [6, 6.07) is 5.71. The number of hydrogen-bond acceptors (Lipinski definition) is 7. The van der Waals surface area contributed by atoms with Crippen LogP contribution in [0.1, 0.15) is 5.56 Å². The molecule has 0 radical (unpaired) electrons. The van der Waals surface area contributed by atoms with Crippen molar-refractivity contribution in [3.8, 4) is 0 Å². The van der Waals surface area contributed by atoms with Gasteiger partial charge in [0, 0.05) is 12.1 Å². The van der Waals surface area contributed by atoms with Crippen molar-refractivity contribution in [1.82, 2.24) is 0 Å². The number of anilines is 2. The fraction of sp³-hybridized carbons (Fsp3) is 0.0909. The molecule has 0 amide bonds. The van der Waals surface area contributed by atoms with Crippen LogP contribution in [-0.4, -0.2) is 4.92 Å². The number of nitro benzene ring substituents is 1. The summed E-state index contributed by atoms with van der Waals surface area (Å²) >= 11 is 0. The molecule has 0 aliphatic rings. The van der Waals surface area contributed by atoms with E-state index < -0.39 is 15.8 Å². The summed E-state index contributed by atoms with van der Waals surface area (Å²) in [5.41, 5.74) is 6.53. The molecule has 2 aromatic rings. The highest BCUT2D eigenvalue weighted by atomic mass is 16.6. The summed E-state index contributed by atoms with van der Waals surface area (Å²) in [7, 11) is 0. The van der Waals surface area contributed by atoms with Gasteiger partial charge in [-0.2, -0.15) is 0 Å². The lowest BCUT2D eigenvalue weighted by molar-refractivity contribution is -0.384. The van der Waals surface area contributed by atoms with Crippen LogP contribution in [-0.2, 0) is 11.4 Å². The summed E-state index contributed by atoms with van der Waals surface area (Å²) in [4.78, 5) is 36.8. The summed E-state index contributed by atoms with van der Waals surface area (Å²) in [6.45, 7) is 0.0657. The van der Waals surface area contributed by atoms with E-state index in [-0.39, 0.29) is 23.7 Å². The highest BCUT2D eigenvalue weighted by Gasteiger charge is 2.17. The van der Waals surface area contributed by atoms with E-state index in [1.807, 2.05) is 0 Å². The van der Waals surface area contributed by atoms with Crippen molar-refractivity contribution in [3.63, 3.8) is 0 Å². The van der Waals surface area contributed by atoms with Crippen LogP contribution in [0.4, 0.5) is 17.1 Å². The Bertz CT molecular complexity index is 685. The summed E-state index contributed by atoms with van der Waals surface area (Å²) < 4.78 is 0. The summed E-state index contributed by atoms with van der Waals surface area (Å²) in [5.74, 6) is 0. The van der Waals surface area contributed by atoms with Gasteiger partial charge in [-0.3, -0.25) is 30.0 Å². The zero-order chi connectivity index (χ0) is 14.0. The number of nitrogens with two attached hydrogens (primary N) is 1. The fourth-order valence-corrected chi connectivity index (χ4v) is 1.42. The lowest BCUT2D eigenvalue weighted by Crippen LogP contribution is -2.37. The molecule has 2 rings (SSSR count). The Morgan fingerprint density at radius 3 is 2.37 bits per heavy atom. The topological polar surface area (TPSA) is 125 Å². The van der Waals surface area contributed by atoms with Gasteiger partial charge in [0.05, 0.1) is 11.5 Å². The monoisotopic (exact) mass is 263 g/mol. The van der Waals surface area contributed by atoms with E-state index >= 15 is 0 Å². The van der Waals surface area contributed by atoms with Crippen molar-refractivity contribution >= 4 is 17.1 Å². The van der Waals surface area contributed by atoms with Gasteiger partial charge < -0.3 is 5.73 Å². The average Bonchev–Trinajstić information content (AvgIpc) is 2.43. The van der Waals surface area contributed by atoms with Gasteiger partial charge in [-0.25, -0.2) is 0 Å². The van der Waals surface area contributed by atoms with Crippen molar-refractivity contribution in [2.24, 2.45) is 0 Å². The minimum Gasteiger partial charge on any atom is -0.394 e. The van der Waals surface area contributed by atoms with E-state index in [9.17, 15) is 19.7 Å². The summed E-state index contributed by atoms with van der Waals surface area (Å²) in [5, 5.41) is 10.4. The SMILES string of the molecule is Nc1c(NOCc2ccc([N+](=O)[O-])cc2)c(=O)c1=O. The van der Waals surface area contributed by atoms with Gasteiger partial charge in [-0.15, -0.1) is 0 Å². The van der Waals surface area contributed by atoms with Crippen LogP contribution < -0.4 is 22.1 Å². The molecule has 0 heterocycles. The number of nitrogens with one attached hydrogen (secondary N) is 1. The van der Waals surface area contributed by atoms with Gasteiger partial charge in [0.2, 0.25) is 0 Å². The van der Waals surface area contributed by atoms with E-state index in [1.54, 1.807) is 0 Å². The summed E-state index contributed by atoms with van der Waals surface area (Å²) in [6.07, 6.45) is 0. The zero-order valence-electron chi connectivity index (χ0n) is 9.58. The molecule has 0 saturated heterocycles. The molecule has 0 bridgehead atoms. The van der Waals surface area contributed by atoms with Gasteiger partial charge in [0.15, 0.2) is 0 Å². The predicted octanol–water partition coefficient (Wildman–Crippen LogP) is 0.317. The van der Waals surface area contributed by atoms with Gasteiger partial charge in [-0.05, 0) is 17.7 Å². The maximum Gasteiger partial charge on any atom is 0.269 e. The first-order valence-corrected chi connectivity index (χ1v) is 5.20. The van der Waals surface area contributed by atoms with E-state index in [4.69, 9.17) is 10.6 Å². The van der Waals surface area contributed by atoms with Crippen LogP contribution in [0, 0.1) is 10.1 Å². The number of rotatable bonds is 5. The second kappa shape index (κ2) is 4.86. The van der Waals surface area contributed by atoms with Crippen LogP contribution in [0.25, 0.3) is 0 Å². The molecule has 0 unspecified atom stereocenters. The molecular formula is C11H9N3O5. The molecule has 0 atom stereocenters. The lowest BCUT2D eigenvalue weighted by Gasteiger charge is -2.09. The third-order valence-corrected chi connectivity index (χ3v) is 2.51. The maximum atomic E-state index is 11.0. The molecule has 98 valence electrons. The normalized spacial score (nSPS) is 10.5. The Morgan fingerprint density at radius 2 is 1.84 bits per heavy atom. The molecule has 0 aliphatic carbocycles. The second-order valence-corrected chi connectivity index (χ2v) is 3.76. The molecule has 3 N–H and O–H groups in total. The predicted molar refractivity (Wildman–Crippen MR) is 67.3 cm³/mol. The molecule has 0 spiro atoms. The highest BCUT2D eigenvalue weighted by Crippen LogP contribution is 2.13. The van der Waals surface area contributed by atoms with Gasteiger partial charge >= 0.3 is 0 Å². The van der Waals surface area contributed by atoms with Crippen molar-refractivity contribution < 1.29 is 9.76 Å². The minimum absolute atomic E-state index is 0.0246. The maximum absolute atomic E-state index is 11.0. The van der Waals surface area contributed by atoms with E-state index in [0.717, 1.165) is 0 Å². The van der Waals surface area contributed by atoms with Crippen molar-refractivity contribution in [1.29, 1.82) is 0 Å². The zero-order valence-corrected chi connectivity index (χ0v) is 9.58. The number of nitrogens with zero attached hydrogens (tertiary/aromatic N) is 1. The molecule has 8 nitrogen and oxygen atoms in total. The third kappa shape index (κ3) is 2.43. The second-order valence-electron chi connectivity index (χ2n) is 3.76. The van der Waals surface area contributed by atoms with Gasteiger partial charge in [0.25, 0.3) is 16.5 Å². The third-order valence-electron chi connectivity index (χ3n) is 2.51. The molecule has 8 heteroatoms. The Kier molecular flexibility index (Phi) is 3.25. The molecule has 0 fully saturated rings. The Balaban J connectivity index is 1.91. The first-order chi connectivity index (χ1) is 9.00. The molecule has 0 saturated carbocycles. The minimum atomic E-state index is -0.735. The van der Waals surface area contributed by atoms with Crippen LogP contribution in [0.15, 0.2) is 33.9 Å². The largest absolute Gasteiger partial charge is 0.394 e. The molecular weight excluding hydrogens is 254 g/mol. The highest BCUT2D eigenvalue weighted by molar-refractivity contribution is 5.70. The number of hydrogen-bond donors (Lipinski definition) is 2. The lowest BCUT2D eigenvalue weighted by atomic mass is 10.2. The number of nitrogen functional groups attached to an aromatic ring is 1. The number of nitro groups is 1. The van der Waals surface area contributed by atoms with Crippen LogP contribution in [0.2, 0.25) is 0 Å². The van der Waals surface area contributed by atoms with Crippen molar-refractivity contribution in [2.45, 2.75) is 6.61 Å². The average molecular weight is 263 g/mol. The van der Waals surface area contributed by atoms with Crippen LogP contribution in [0.3, 0.4) is 0 Å². The Labute approximate surface area is 106 Å². The molecule has 2 aromatic carbocycles. The number of non-ortho nitro benzene ring substituents is 1. The van der Waals surface area contributed by atoms with Crippen molar-refractivity contribution in [3.05, 3.63) is 60.4 Å². The van der Waals surface area contributed by atoms with Gasteiger partial charge in [0.1, 0.15) is 11.4 Å². The molecule has 0 aromatic heterocycles. The smallest absolute Gasteiger partial charge is 0.269 e. The molecule has 19 heavy (non-hydrogen) atoms. The molecule has 0 aliphatic heterocycles. The quantitative estimate of drug-likeness (QED) is 0.452. The van der Waals surface area contributed by atoms with E-state index in [0.29, 0.717) is 5.56 Å². The standard InChI is InChI=1S/C11H9N3O5/c12-8-9(11(16)10(8)15)13-19-5-6-1-3-7(4-2-6)14(17)18/h1-4,13H,5,12H2. The van der Waals surface area contributed by atoms with E-state index in [1.165, 1.54) is 24.3 Å². The van der Waals surface area contributed by atoms with Crippen LogP contribution >= 0.6 is 0 Å². The van der Waals surface area contributed by atoms with Crippen molar-refractivity contribution in [2.75, 3.05) is 11.2 Å². The Morgan fingerprint density at radius 1 is 1.21 bits per heavy atom. The fourth-order valence-electron chi connectivity index (χ4n) is 1.42. The number of benzene rings is 1.